The van der Waals surface area contributed by atoms with Crippen molar-refractivity contribution in [2.75, 3.05) is 23.0 Å². The van der Waals surface area contributed by atoms with Gasteiger partial charge in [0.15, 0.2) is 0 Å². The molecule has 0 bridgehead atoms. The Morgan fingerprint density at radius 3 is 2.91 bits per heavy atom. The number of halogens is 1. The number of rotatable bonds is 6. The van der Waals surface area contributed by atoms with Crippen molar-refractivity contribution in [1.29, 1.82) is 0 Å². The summed E-state index contributed by atoms with van der Waals surface area (Å²) in [6.07, 6.45) is 6.07. The van der Waals surface area contributed by atoms with E-state index in [1.165, 1.54) is 6.07 Å². The largest absolute Gasteiger partial charge is 0.506 e. The minimum absolute atomic E-state index is 0.0919. The Hall–Kier alpha value is -3.12. The van der Waals surface area contributed by atoms with E-state index in [2.05, 4.69) is 37.6 Å². The van der Waals surface area contributed by atoms with Crippen molar-refractivity contribution < 1.29 is 14.2 Å². The highest BCUT2D eigenvalue weighted by atomic mass is 32.2. The van der Waals surface area contributed by atoms with E-state index in [0.29, 0.717) is 17.0 Å². The molecule has 2 heterocycles. The lowest BCUT2D eigenvalue weighted by Gasteiger charge is -2.34. The number of allylic oxidation sites excluding steroid dienone is 3. The Morgan fingerprint density at radius 1 is 1.33 bits per heavy atom. The van der Waals surface area contributed by atoms with Crippen LogP contribution in [0.4, 0.5) is 15.8 Å². The molecule has 172 valence electrons. The highest BCUT2D eigenvalue weighted by molar-refractivity contribution is 8.03. The smallest absolute Gasteiger partial charge is 0.141 e. The minimum Gasteiger partial charge on any atom is -0.506 e. The minimum atomic E-state index is -0.379. The van der Waals surface area contributed by atoms with E-state index in [9.17, 15) is 5.11 Å². The highest BCUT2D eigenvalue weighted by Gasteiger charge is 2.35. The first-order valence-electron chi connectivity index (χ1n) is 10.9. The highest BCUT2D eigenvalue weighted by Crippen LogP contribution is 2.51. The summed E-state index contributed by atoms with van der Waals surface area (Å²) in [7, 11) is 0. The van der Waals surface area contributed by atoms with Gasteiger partial charge in [-0.3, -0.25) is 0 Å². The molecule has 0 spiro atoms. The molecule has 1 unspecified atom stereocenters. The van der Waals surface area contributed by atoms with Crippen LogP contribution in [0.2, 0.25) is 0 Å². The number of hydrogen-bond acceptors (Lipinski definition) is 5. The number of phenolic OH excluding ortho intramolecular Hbond substituents is 1. The van der Waals surface area contributed by atoms with Gasteiger partial charge < -0.3 is 20.5 Å². The van der Waals surface area contributed by atoms with Gasteiger partial charge >= 0.3 is 0 Å². The van der Waals surface area contributed by atoms with Crippen molar-refractivity contribution in [3.63, 3.8) is 0 Å². The Kier molecular flexibility index (Phi) is 6.56. The summed E-state index contributed by atoms with van der Waals surface area (Å²) in [6.45, 7) is 12.2. The van der Waals surface area contributed by atoms with Gasteiger partial charge in [-0.25, -0.2) is 4.39 Å². The van der Waals surface area contributed by atoms with Crippen LogP contribution in [-0.2, 0) is 0 Å². The van der Waals surface area contributed by atoms with Crippen molar-refractivity contribution >= 4 is 23.1 Å². The number of fused-ring (bicyclic) bond motifs is 1. The Labute approximate surface area is 198 Å². The lowest BCUT2D eigenvalue weighted by molar-refractivity contribution is 0.353. The van der Waals surface area contributed by atoms with Gasteiger partial charge in [-0.15, -0.1) is 11.8 Å². The Morgan fingerprint density at radius 2 is 2.15 bits per heavy atom. The molecule has 0 fully saturated rings. The van der Waals surface area contributed by atoms with Gasteiger partial charge in [0.2, 0.25) is 0 Å². The van der Waals surface area contributed by atoms with Crippen molar-refractivity contribution in [2.24, 2.45) is 5.41 Å². The standard InChI is InChI=1S/C27H29FN2O2S/c1-5-6-8-17(2)15-32-18-11-12-19(20(28)13-18)24-26-22(14-27(3,4)16-33-26)30-25-21(29-24)9-7-10-23(25)31/h5-13,24,29-31H,1-2,14-16H2,3-4H3/b8-6-. The molecule has 4 nitrogen and oxygen atoms in total. The van der Waals surface area contributed by atoms with Gasteiger partial charge in [-0.05, 0) is 41.7 Å². The SMILES string of the molecule is C=C/C=C\C(=C)COc1ccc(C2Nc3cccc(O)c3NC3=C2SCC(C)(C)C3)c(F)c1. The zero-order chi connectivity index (χ0) is 23.6. The van der Waals surface area contributed by atoms with Crippen molar-refractivity contribution in [2.45, 2.75) is 26.3 Å². The lowest BCUT2D eigenvalue weighted by atomic mass is 9.88. The van der Waals surface area contributed by atoms with Crippen LogP contribution in [0.15, 0.2) is 84.0 Å². The number of phenols is 1. The average Bonchev–Trinajstić information content (AvgIpc) is 2.92. The van der Waals surface area contributed by atoms with Gasteiger partial charge in [0.05, 0.1) is 11.7 Å². The number of aromatic hydroxyl groups is 1. The van der Waals surface area contributed by atoms with Gasteiger partial charge in [0.1, 0.15) is 29.6 Å². The molecule has 2 aliphatic heterocycles. The number of thioether (sulfide) groups is 1. The number of ether oxygens (including phenoxy) is 1. The summed E-state index contributed by atoms with van der Waals surface area (Å²) >= 11 is 1.73. The molecule has 3 N–H and O–H groups in total. The van der Waals surface area contributed by atoms with E-state index in [-0.39, 0.29) is 29.6 Å². The number of nitrogens with one attached hydrogen (secondary N) is 2. The number of anilines is 2. The van der Waals surface area contributed by atoms with Gasteiger partial charge in [-0.1, -0.05) is 51.3 Å². The Balaban J connectivity index is 1.67. The van der Waals surface area contributed by atoms with Gasteiger partial charge in [-0.2, -0.15) is 0 Å². The zero-order valence-corrected chi connectivity index (χ0v) is 19.8. The van der Waals surface area contributed by atoms with Gasteiger partial charge in [0.25, 0.3) is 0 Å². The fourth-order valence-electron chi connectivity index (χ4n) is 3.98. The van der Waals surface area contributed by atoms with Crippen LogP contribution in [0.5, 0.6) is 11.5 Å². The lowest BCUT2D eigenvalue weighted by Crippen LogP contribution is -2.25. The van der Waals surface area contributed by atoms with Crippen molar-refractivity contribution in [3.05, 3.63) is 95.3 Å². The van der Waals surface area contributed by atoms with Crippen LogP contribution in [-0.4, -0.2) is 17.5 Å². The molecule has 2 aromatic rings. The van der Waals surface area contributed by atoms with Crippen molar-refractivity contribution in [1.82, 2.24) is 0 Å². The molecule has 1 atom stereocenters. The summed E-state index contributed by atoms with van der Waals surface area (Å²) in [5.41, 5.74) is 3.76. The molecule has 0 saturated heterocycles. The summed E-state index contributed by atoms with van der Waals surface area (Å²) in [6, 6.07) is 9.91. The summed E-state index contributed by atoms with van der Waals surface area (Å²) in [5.74, 6) is 1.19. The third kappa shape index (κ3) is 5.11. The second-order valence-corrected chi connectivity index (χ2v) is 10.1. The molecular formula is C27H29FN2O2S. The molecule has 4 rings (SSSR count). The molecule has 0 radical (unpaired) electrons. The van der Waals surface area contributed by atoms with Crippen LogP contribution in [0.3, 0.4) is 0 Å². The van der Waals surface area contributed by atoms with E-state index in [0.717, 1.165) is 34.0 Å². The predicted molar refractivity (Wildman–Crippen MR) is 136 cm³/mol. The molecule has 2 aromatic carbocycles. The third-order valence-electron chi connectivity index (χ3n) is 5.63. The molecule has 2 aliphatic rings. The topological polar surface area (TPSA) is 53.5 Å². The van der Waals surface area contributed by atoms with Crippen molar-refractivity contribution in [3.8, 4) is 11.5 Å². The van der Waals surface area contributed by atoms with E-state index in [1.54, 1.807) is 48.2 Å². The third-order valence-corrected chi connectivity index (χ3v) is 7.35. The van der Waals surface area contributed by atoms with E-state index in [4.69, 9.17) is 4.74 Å². The number of para-hydroxylation sites is 1. The number of hydrogen-bond donors (Lipinski definition) is 3. The summed E-state index contributed by atoms with van der Waals surface area (Å²) in [5, 5.41) is 17.4. The van der Waals surface area contributed by atoms with Crippen LogP contribution >= 0.6 is 11.8 Å². The maximum absolute atomic E-state index is 15.4. The molecular weight excluding hydrogens is 435 g/mol. The fourth-order valence-corrected chi connectivity index (χ4v) is 5.28. The molecule has 0 aliphatic carbocycles. The average molecular weight is 465 g/mol. The molecule has 6 heteroatoms. The quantitative estimate of drug-likeness (QED) is 0.313. The normalized spacial score (nSPS) is 19.1. The zero-order valence-electron chi connectivity index (χ0n) is 19.0. The Bertz CT molecular complexity index is 1150. The van der Waals surface area contributed by atoms with E-state index < -0.39 is 0 Å². The molecule has 33 heavy (non-hydrogen) atoms. The summed E-state index contributed by atoms with van der Waals surface area (Å²) < 4.78 is 21.1. The first-order valence-corrected chi connectivity index (χ1v) is 11.9. The monoisotopic (exact) mass is 464 g/mol. The predicted octanol–water partition coefficient (Wildman–Crippen LogP) is 7.16. The van der Waals surface area contributed by atoms with Crippen LogP contribution in [0, 0.1) is 11.2 Å². The fraction of sp³-hybridized carbons (Fsp3) is 0.259. The van der Waals surface area contributed by atoms with Crippen LogP contribution in [0.1, 0.15) is 31.9 Å². The second-order valence-electron chi connectivity index (χ2n) is 9.10. The van der Waals surface area contributed by atoms with Crippen LogP contribution in [0.25, 0.3) is 0 Å². The maximum Gasteiger partial charge on any atom is 0.141 e. The first kappa shape index (κ1) is 23.1. The second kappa shape index (κ2) is 9.40. The summed E-state index contributed by atoms with van der Waals surface area (Å²) in [4.78, 5) is 1.04. The molecule has 0 amide bonds. The molecule has 0 saturated carbocycles. The maximum atomic E-state index is 15.4. The van der Waals surface area contributed by atoms with E-state index in [1.807, 2.05) is 12.1 Å². The van der Waals surface area contributed by atoms with Gasteiger partial charge in [0, 0.05) is 28.0 Å². The number of benzene rings is 2. The van der Waals surface area contributed by atoms with Crippen LogP contribution < -0.4 is 15.4 Å². The van der Waals surface area contributed by atoms with E-state index >= 15 is 4.39 Å². The first-order chi connectivity index (χ1) is 15.8. The molecule has 0 aromatic heterocycles.